The summed E-state index contributed by atoms with van der Waals surface area (Å²) in [7, 11) is 0. The average molecular weight is 285 g/mol. The highest BCUT2D eigenvalue weighted by Gasteiger charge is 2.27. The molecule has 1 aromatic rings. The van der Waals surface area contributed by atoms with Crippen LogP contribution < -0.4 is 10.6 Å². The smallest absolute Gasteiger partial charge is 0.0801 e. The summed E-state index contributed by atoms with van der Waals surface area (Å²) in [6.45, 7) is 6.74. The Morgan fingerprint density at radius 3 is 2.81 bits per heavy atom. The quantitative estimate of drug-likeness (QED) is 0.806. The van der Waals surface area contributed by atoms with E-state index in [4.69, 9.17) is 10.5 Å². The van der Waals surface area contributed by atoms with Crippen molar-refractivity contribution >= 4 is 27.3 Å². The fraction of sp³-hybridized carbons (Fsp3) is 0.500. The number of nitrogens with two attached hydrogens (primary N) is 1. The second-order valence-electron chi connectivity index (χ2n) is 4.73. The van der Waals surface area contributed by atoms with Gasteiger partial charge in [0.2, 0.25) is 0 Å². The summed E-state index contributed by atoms with van der Waals surface area (Å²) in [4.78, 5) is 2.28. The molecule has 0 bridgehead atoms. The molecule has 88 valence electrons. The van der Waals surface area contributed by atoms with Gasteiger partial charge in [0, 0.05) is 17.6 Å². The summed E-state index contributed by atoms with van der Waals surface area (Å²) < 4.78 is 6.70. The highest BCUT2D eigenvalue weighted by molar-refractivity contribution is 9.10. The Bertz CT molecular complexity index is 393. The third-order valence-corrected chi connectivity index (χ3v) is 3.25. The Labute approximate surface area is 105 Å². The van der Waals surface area contributed by atoms with Crippen LogP contribution in [0.3, 0.4) is 0 Å². The fourth-order valence-corrected chi connectivity index (χ4v) is 2.41. The maximum Gasteiger partial charge on any atom is 0.0801 e. The molecule has 0 atom stereocenters. The van der Waals surface area contributed by atoms with Gasteiger partial charge in [-0.15, -0.1) is 0 Å². The number of anilines is 2. The first-order valence-electron chi connectivity index (χ1n) is 5.42. The second kappa shape index (κ2) is 4.26. The Balaban J connectivity index is 2.23. The van der Waals surface area contributed by atoms with Crippen LogP contribution in [-0.4, -0.2) is 25.3 Å². The van der Waals surface area contributed by atoms with Crippen molar-refractivity contribution in [2.45, 2.75) is 19.4 Å². The van der Waals surface area contributed by atoms with E-state index in [9.17, 15) is 0 Å². The highest BCUT2D eigenvalue weighted by atomic mass is 79.9. The van der Waals surface area contributed by atoms with Crippen LogP contribution in [0.15, 0.2) is 22.7 Å². The number of ether oxygens (including phenoxy) is 1. The lowest BCUT2D eigenvalue weighted by Gasteiger charge is -2.39. The predicted octanol–water partition coefficient (Wildman–Crippen LogP) is 2.65. The minimum Gasteiger partial charge on any atom is -0.397 e. The highest BCUT2D eigenvalue weighted by Crippen LogP contribution is 2.30. The van der Waals surface area contributed by atoms with Crippen molar-refractivity contribution in [1.29, 1.82) is 0 Å². The van der Waals surface area contributed by atoms with Crippen molar-refractivity contribution in [3.63, 3.8) is 0 Å². The van der Waals surface area contributed by atoms with Crippen molar-refractivity contribution in [1.82, 2.24) is 0 Å². The molecule has 0 saturated carbocycles. The van der Waals surface area contributed by atoms with E-state index in [1.807, 2.05) is 12.1 Å². The lowest BCUT2D eigenvalue weighted by atomic mass is 10.1. The molecule has 1 fully saturated rings. The van der Waals surface area contributed by atoms with E-state index in [0.717, 1.165) is 35.5 Å². The maximum atomic E-state index is 6.03. The molecular formula is C12H17BrN2O. The molecule has 1 saturated heterocycles. The van der Waals surface area contributed by atoms with E-state index < -0.39 is 0 Å². The molecule has 0 unspecified atom stereocenters. The molecule has 0 amide bonds. The zero-order chi connectivity index (χ0) is 11.8. The zero-order valence-electron chi connectivity index (χ0n) is 9.66. The fourth-order valence-electron chi connectivity index (χ4n) is 2.04. The first-order valence-corrected chi connectivity index (χ1v) is 6.21. The molecule has 4 heteroatoms. The van der Waals surface area contributed by atoms with Crippen molar-refractivity contribution in [3.05, 3.63) is 22.7 Å². The monoisotopic (exact) mass is 284 g/mol. The number of hydrogen-bond donors (Lipinski definition) is 1. The summed E-state index contributed by atoms with van der Waals surface area (Å²) in [6, 6.07) is 6.02. The molecule has 0 spiro atoms. The normalized spacial score (nSPS) is 19.8. The summed E-state index contributed by atoms with van der Waals surface area (Å²) in [5, 5.41) is 0. The van der Waals surface area contributed by atoms with Gasteiger partial charge in [0.1, 0.15) is 0 Å². The van der Waals surface area contributed by atoms with Crippen molar-refractivity contribution in [3.8, 4) is 0 Å². The SMILES string of the molecule is CC1(C)CN(c2ccc(Br)cc2N)CCO1. The lowest BCUT2D eigenvalue weighted by molar-refractivity contribution is -0.0276. The van der Waals surface area contributed by atoms with Crippen molar-refractivity contribution < 1.29 is 4.74 Å². The van der Waals surface area contributed by atoms with Crippen LogP contribution in [-0.2, 0) is 4.74 Å². The van der Waals surface area contributed by atoms with Gasteiger partial charge in [-0.1, -0.05) is 15.9 Å². The predicted molar refractivity (Wildman–Crippen MR) is 70.8 cm³/mol. The average Bonchev–Trinajstić information content (AvgIpc) is 2.15. The lowest BCUT2D eigenvalue weighted by Crippen LogP contribution is -2.48. The minimum absolute atomic E-state index is 0.0994. The van der Waals surface area contributed by atoms with Gasteiger partial charge in [-0.2, -0.15) is 0 Å². The van der Waals surface area contributed by atoms with Crippen LogP contribution in [0.5, 0.6) is 0 Å². The molecule has 0 radical (unpaired) electrons. The summed E-state index contributed by atoms with van der Waals surface area (Å²) in [5.74, 6) is 0. The third-order valence-electron chi connectivity index (χ3n) is 2.76. The Kier molecular flexibility index (Phi) is 3.13. The standard InChI is InChI=1S/C12H17BrN2O/c1-12(2)8-15(5-6-16-12)11-4-3-9(13)7-10(11)14/h3-4,7H,5-6,8,14H2,1-2H3. The van der Waals surface area contributed by atoms with Gasteiger partial charge in [-0.3, -0.25) is 0 Å². The molecule has 16 heavy (non-hydrogen) atoms. The molecule has 0 aromatic heterocycles. The van der Waals surface area contributed by atoms with E-state index in [2.05, 4.69) is 40.7 Å². The number of halogens is 1. The van der Waals surface area contributed by atoms with Crippen LogP contribution in [0.1, 0.15) is 13.8 Å². The summed E-state index contributed by atoms with van der Waals surface area (Å²) >= 11 is 3.42. The zero-order valence-corrected chi connectivity index (χ0v) is 11.3. The molecule has 0 aliphatic carbocycles. The van der Waals surface area contributed by atoms with Gasteiger partial charge in [0.25, 0.3) is 0 Å². The van der Waals surface area contributed by atoms with Gasteiger partial charge in [-0.25, -0.2) is 0 Å². The maximum absolute atomic E-state index is 6.03. The first kappa shape index (κ1) is 11.7. The van der Waals surface area contributed by atoms with Gasteiger partial charge >= 0.3 is 0 Å². The van der Waals surface area contributed by atoms with Crippen LogP contribution >= 0.6 is 15.9 Å². The third kappa shape index (κ3) is 2.50. The van der Waals surface area contributed by atoms with Crippen LogP contribution in [0, 0.1) is 0 Å². The Morgan fingerprint density at radius 2 is 2.19 bits per heavy atom. The first-order chi connectivity index (χ1) is 7.48. The number of hydrogen-bond acceptors (Lipinski definition) is 3. The van der Waals surface area contributed by atoms with E-state index in [1.165, 1.54) is 0 Å². The molecule has 1 aliphatic rings. The Morgan fingerprint density at radius 1 is 1.44 bits per heavy atom. The molecule has 2 rings (SSSR count). The van der Waals surface area contributed by atoms with Gasteiger partial charge in [-0.05, 0) is 32.0 Å². The largest absolute Gasteiger partial charge is 0.397 e. The summed E-state index contributed by atoms with van der Waals surface area (Å²) in [5.41, 5.74) is 7.84. The van der Waals surface area contributed by atoms with Gasteiger partial charge < -0.3 is 15.4 Å². The van der Waals surface area contributed by atoms with Crippen LogP contribution in [0.4, 0.5) is 11.4 Å². The minimum atomic E-state index is -0.0994. The van der Waals surface area contributed by atoms with Gasteiger partial charge in [0.05, 0.1) is 23.6 Å². The molecule has 1 aromatic carbocycles. The van der Waals surface area contributed by atoms with Crippen LogP contribution in [0.2, 0.25) is 0 Å². The van der Waals surface area contributed by atoms with E-state index in [-0.39, 0.29) is 5.60 Å². The van der Waals surface area contributed by atoms with Crippen molar-refractivity contribution in [2.24, 2.45) is 0 Å². The van der Waals surface area contributed by atoms with Crippen molar-refractivity contribution in [2.75, 3.05) is 30.3 Å². The second-order valence-corrected chi connectivity index (χ2v) is 5.65. The van der Waals surface area contributed by atoms with E-state index >= 15 is 0 Å². The van der Waals surface area contributed by atoms with Crippen LogP contribution in [0.25, 0.3) is 0 Å². The number of benzene rings is 1. The molecule has 1 aliphatic heterocycles. The van der Waals surface area contributed by atoms with E-state index in [1.54, 1.807) is 0 Å². The molecule has 2 N–H and O–H groups in total. The Hall–Kier alpha value is -0.740. The molecular weight excluding hydrogens is 268 g/mol. The topological polar surface area (TPSA) is 38.5 Å². The molecule has 1 heterocycles. The number of rotatable bonds is 1. The summed E-state index contributed by atoms with van der Waals surface area (Å²) in [6.07, 6.45) is 0. The molecule has 3 nitrogen and oxygen atoms in total. The number of morpholine rings is 1. The van der Waals surface area contributed by atoms with E-state index in [0.29, 0.717) is 0 Å². The number of nitrogen functional groups attached to an aromatic ring is 1. The van der Waals surface area contributed by atoms with Gasteiger partial charge in [0.15, 0.2) is 0 Å². The number of nitrogens with zero attached hydrogens (tertiary/aromatic N) is 1.